The van der Waals surface area contributed by atoms with Gasteiger partial charge in [-0.15, -0.1) is 0 Å². The second-order valence-electron chi connectivity index (χ2n) is 6.25. The molecule has 6 heteroatoms. The van der Waals surface area contributed by atoms with Crippen LogP contribution in [0.15, 0.2) is 46.4 Å². The number of imide groups is 2. The van der Waals surface area contributed by atoms with Crippen molar-refractivity contribution >= 4 is 45.5 Å². The monoisotopic (exact) mass is 412 g/mol. The number of benzene rings is 2. The first-order valence-electron chi connectivity index (χ1n) is 8.03. The normalized spacial score (nSPS) is 16.2. The van der Waals surface area contributed by atoms with Crippen LogP contribution in [-0.2, 0) is 9.59 Å². The van der Waals surface area contributed by atoms with Crippen molar-refractivity contribution in [2.45, 2.75) is 20.8 Å². The first kappa shape index (κ1) is 18.1. The van der Waals surface area contributed by atoms with Crippen molar-refractivity contribution in [2.24, 2.45) is 0 Å². The lowest BCUT2D eigenvalue weighted by Crippen LogP contribution is -2.54. The highest BCUT2D eigenvalue weighted by atomic mass is 79.9. The SMILES string of the molecule is Cc1cc(C)c(/C=C2\C(=O)NC(=O)N(c3ccc(Br)cc3)C2=O)c(C)c1. The van der Waals surface area contributed by atoms with Gasteiger partial charge in [-0.05, 0) is 67.8 Å². The highest BCUT2D eigenvalue weighted by Gasteiger charge is 2.36. The number of barbiturate groups is 1. The molecular weight excluding hydrogens is 396 g/mol. The molecule has 1 fully saturated rings. The maximum absolute atomic E-state index is 12.9. The molecule has 1 saturated heterocycles. The van der Waals surface area contributed by atoms with Gasteiger partial charge in [-0.2, -0.15) is 0 Å². The molecule has 132 valence electrons. The van der Waals surface area contributed by atoms with Gasteiger partial charge in [0, 0.05) is 4.47 Å². The highest BCUT2D eigenvalue weighted by Crippen LogP contribution is 2.25. The maximum atomic E-state index is 12.9. The molecule has 0 spiro atoms. The Kier molecular flexibility index (Phi) is 4.78. The number of urea groups is 1. The van der Waals surface area contributed by atoms with E-state index < -0.39 is 17.8 Å². The van der Waals surface area contributed by atoms with Crippen LogP contribution in [0, 0.1) is 20.8 Å². The number of aryl methyl sites for hydroxylation is 3. The van der Waals surface area contributed by atoms with E-state index in [-0.39, 0.29) is 5.57 Å². The molecule has 1 aliphatic rings. The zero-order valence-electron chi connectivity index (χ0n) is 14.6. The van der Waals surface area contributed by atoms with E-state index in [0.717, 1.165) is 31.6 Å². The summed E-state index contributed by atoms with van der Waals surface area (Å²) in [6, 6.07) is 9.95. The van der Waals surface area contributed by atoms with Crippen molar-refractivity contribution in [1.29, 1.82) is 0 Å². The molecule has 1 aliphatic heterocycles. The Morgan fingerprint density at radius 2 is 1.54 bits per heavy atom. The van der Waals surface area contributed by atoms with Crippen LogP contribution in [0.4, 0.5) is 10.5 Å². The fraction of sp³-hybridized carbons (Fsp3) is 0.150. The summed E-state index contributed by atoms with van der Waals surface area (Å²) in [5, 5.41) is 2.24. The molecule has 0 saturated carbocycles. The van der Waals surface area contributed by atoms with Crippen molar-refractivity contribution in [2.75, 3.05) is 4.90 Å². The van der Waals surface area contributed by atoms with Gasteiger partial charge in [0.15, 0.2) is 0 Å². The van der Waals surface area contributed by atoms with Crippen LogP contribution in [0.25, 0.3) is 6.08 Å². The number of hydrogen-bond acceptors (Lipinski definition) is 3. The van der Waals surface area contributed by atoms with Crippen LogP contribution in [-0.4, -0.2) is 17.8 Å². The van der Waals surface area contributed by atoms with Crippen LogP contribution in [0.5, 0.6) is 0 Å². The second kappa shape index (κ2) is 6.88. The number of amides is 4. The molecule has 2 aromatic carbocycles. The zero-order valence-corrected chi connectivity index (χ0v) is 16.2. The summed E-state index contributed by atoms with van der Waals surface area (Å²) in [5.74, 6) is -1.33. The number of halogens is 1. The standard InChI is InChI=1S/C20H17BrN2O3/c1-11-8-12(2)16(13(3)9-11)10-17-18(24)22-20(26)23(19(17)25)15-6-4-14(21)5-7-15/h4-10H,1-3H3,(H,22,24,26)/b17-10+. The smallest absolute Gasteiger partial charge is 0.273 e. The van der Waals surface area contributed by atoms with Crippen molar-refractivity contribution in [3.63, 3.8) is 0 Å². The summed E-state index contributed by atoms with van der Waals surface area (Å²) in [6.07, 6.45) is 1.56. The number of nitrogens with zero attached hydrogens (tertiary/aromatic N) is 1. The lowest BCUT2D eigenvalue weighted by Gasteiger charge is -2.26. The van der Waals surface area contributed by atoms with E-state index in [0.29, 0.717) is 5.69 Å². The first-order valence-corrected chi connectivity index (χ1v) is 8.82. The van der Waals surface area contributed by atoms with Crippen LogP contribution in [0.2, 0.25) is 0 Å². The molecule has 4 amide bonds. The predicted octanol–water partition coefficient (Wildman–Crippen LogP) is 4.04. The van der Waals surface area contributed by atoms with Crippen molar-refractivity contribution in [3.8, 4) is 0 Å². The quantitative estimate of drug-likeness (QED) is 0.597. The summed E-state index contributed by atoms with van der Waals surface area (Å²) in [4.78, 5) is 38.4. The van der Waals surface area contributed by atoms with Gasteiger partial charge in [0.1, 0.15) is 5.57 Å². The van der Waals surface area contributed by atoms with Gasteiger partial charge in [0.25, 0.3) is 11.8 Å². The summed E-state index contributed by atoms with van der Waals surface area (Å²) < 4.78 is 0.823. The Bertz CT molecular complexity index is 939. The van der Waals surface area contributed by atoms with Crippen LogP contribution in [0.1, 0.15) is 22.3 Å². The Hall–Kier alpha value is -2.73. The molecule has 0 bridgehead atoms. The Labute approximate surface area is 159 Å². The number of anilines is 1. The van der Waals surface area contributed by atoms with Gasteiger partial charge < -0.3 is 0 Å². The van der Waals surface area contributed by atoms with Crippen LogP contribution < -0.4 is 10.2 Å². The molecule has 1 N–H and O–H groups in total. The van der Waals surface area contributed by atoms with Gasteiger partial charge in [0.2, 0.25) is 0 Å². The van der Waals surface area contributed by atoms with E-state index in [2.05, 4.69) is 21.2 Å². The van der Waals surface area contributed by atoms with E-state index in [4.69, 9.17) is 0 Å². The highest BCUT2D eigenvalue weighted by molar-refractivity contribution is 9.10. The first-order chi connectivity index (χ1) is 12.3. The molecule has 0 aromatic heterocycles. The van der Waals surface area contributed by atoms with Gasteiger partial charge in [-0.3, -0.25) is 14.9 Å². The van der Waals surface area contributed by atoms with Gasteiger partial charge in [-0.1, -0.05) is 33.6 Å². The summed E-state index contributed by atoms with van der Waals surface area (Å²) in [7, 11) is 0. The summed E-state index contributed by atoms with van der Waals surface area (Å²) in [5.41, 5.74) is 4.16. The fourth-order valence-corrected chi connectivity index (χ4v) is 3.31. The predicted molar refractivity (Wildman–Crippen MR) is 104 cm³/mol. The number of hydrogen-bond donors (Lipinski definition) is 1. The van der Waals surface area contributed by atoms with Crippen molar-refractivity contribution in [3.05, 3.63) is 68.7 Å². The number of carbonyl (C=O) groups is 3. The van der Waals surface area contributed by atoms with E-state index >= 15 is 0 Å². The molecule has 0 unspecified atom stereocenters. The largest absolute Gasteiger partial charge is 0.335 e. The van der Waals surface area contributed by atoms with Gasteiger partial charge in [0.05, 0.1) is 5.69 Å². The minimum atomic E-state index is -0.753. The number of rotatable bonds is 2. The molecule has 2 aromatic rings. The fourth-order valence-electron chi connectivity index (χ4n) is 3.05. The third-order valence-electron chi connectivity index (χ3n) is 4.21. The molecule has 26 heavy (non-hydrogen) atoms. The lowest BCUT2D eigenvalue weighted by atomic mass is 9.97. The second-order valence-corrected chi connectivity index (χ2v) is 7.16. The number of carbonyl (C=O) groups excluding carboxylic acids is 3. The van der Waals surface area contributed by atoms with Gasteiger partial charge in [-0.25, -0.2) is 9.69 Å². The molecule has 1 heterocycles. The Balaban J connectivity index is 2.07. The topological polar surface area (TPSA) is 66.5 Å². The summed E-state index contributed by atoms with van der Waals surface area (Å²) in [6.45, 7) is 5.84. The molecule has 5 nitrogen and oxygen atoms in total. The maximum Gasteiger partial charge on any atom is 0.335 e. The number of nitrogens with one attached hydrogen (secondary N) is 1. The van der Waals surface area contributed by atoms with Crippen LogP contribution >= 0.6 is 15.9 Å². The molecule has 0 atom stereocenters. The third kappa shape index (κ3) is 3.32. The van der Waals surface area contributed by atoms with Crippen molar-refractivity contribution in [1.82, 2.24) is 5.32 Å². The average molecular weight is 413 g/mol. The minimum absolute atomic E-state index is 0.0671. The van der Waals surface area contributed by atoms with E-state index in [1.54, 1.807) is 30.3 Å². The average Bonchev–Trinajstić information content (AvgIpc) is 2.54. The van der Waals surface area contributed by atoms with E-state index in [1.165, 1.54) is 0 Å². The van der Waals surface area contributed by atoms with Crippen molar-refractivity contribution < 1.29 is 14.4 Å². The zero-order chi connectivity index (χ0) is 19.0. The third-order valence-corrected chi connectivity index (χ3v) is 4.74. The Morgan fingerprint density at radius 1 is 0.962 bits per heavy atom. The van der Waals surface area contributed by atoms with Gasteiger partial charge >= 0.3 is 6.03 Å². The molecule has 3 rings (SSSR count). The summed E-state index contributed by atoms with van der Waals surface area (Å²) >= 11 is 3.32. The molecule has 0 aliphatic carbocycles. The lowest BCUT2D eigenvalue weighted by molar-refractivity contribution is -0.122. The van der Waals surface area contributed by atoms with E-state index in [9.17, 15) is 14.4 Å². The molecular formula is C20H17BrN2O3. The Morgan fingerprint density at radius 3 is 2.12 bits per heavy atom. The minimum Gasteiger partial charge on any atom is -0.273 e. The van der Waals surface area contributed by atoms with Crippen LogP contribution in [0.3, 0.4) is 0 Å². The van der Waals surface area contributed by atoms with E-state index in [1.807, 2.05) is 32.9 Å². The molecule has 0 radical (unpaired) electrons.